The summed E-state index contributed by atoms with van der Waals surface area (Å²) in [7, 11) is 0. The Morgan fingerprint density at radius 2 is 2.06 bits per heavy atom. The van der Waals surface area contributed by atoms with Gasteiger partial charge in [-0.1, -0.05) is 11.3 Å². The molecule has 2 atom stereocenters. The van der Waals surface area contributed by atoms with Crippen LogP contribution in [0.25, 0.3) is 0 Å². The molecule has 11 heteroatoms. The number of carbonyl (C=O) groups excluding carboxylic acids is 2. The number of rotatable bonds is 9. The number of nitrogens with one attached hydrogen (secondary N) is 2. The molecule has 2 aromatic carbocycles. The van der Waals surface area contributed by atoms with Gasteiger partial charge in [0.05, 0.1) is 5.69 Å². The zero-order valence-electron chi connectivity index (χ0n) is 16.7. The molecule has 0 spiro atoms. The van der Waals surface area contributed by atoms with E-state index in [1.54, 1.807) is 59.3 Å². The number of carboxylic acids is 1. The van der Waals surface area contributed by atoms with Crippen molar-refractivity contribution >= 4 is 47.9 Å². The first-order valence-electron chi connectivity index (χ1n) is 9.46. The average Bonchev–Trinajstić information content (AvgIpc) is 3.20. The molecule has 162 valence electrons. The van der Waals surface area contributed by atoms with Gasteiger partial charge in [0.2, 0.25) is 11.4 Å². The van der Waals surface area contributed by atoms with Crippen molar-refractivity contribution in [2.45, 2.75) is 24.9 Å². The minimum Gasteiger partial charge on any atom is -0.480 e. The molecule has 3 N–H and O–H groups in total. The zero-order valence-corrected chi connectivity index (χ0v) is 17.6. The largest absolute Gasteiger partial charge is 0.480 e. The van der Waals surface area contributed by atoms with Crippen LogP contribution in [0.5, 0.6) is 0 Å². The highest BCUT2D eigenvalue weighted by atomic mass is 32.1. The first-order chi connectivity index (χ1) is 14.9. The maximum absolute atomic E-state index is 12.5. The lowest BCUT2D eigenvalue weighted by Crippen LogP contribution is -2.40. The summed E-state index contributed by atoms with van der Waals surface area (Å²) in [5.74, 6) is -1.28. The Labute approximate surface area is 184 Å². The fourth-order valence-corrected chi connectivity index (χ4v) is 3.26. The van der Waals surface area contributed by atoms with E-state index in [1.165, 1.54) is 0 Å². The molecule has 31 heavy (non-hydrogen) atoms. The lowest BCUT2D eigenvalue weighted by atomic mass is 10.1. The molecule has 1 aliphatic rings. The van der Waals surface area contributed by atoms with E-state index in [9.17, 15) is 19.5 Å². The van der Waals surface area contributed by atoms with E-state index in [0.717, 1.165) is 5.69 Å². The Hall–Kier alpha value is -3.60. The summed E-state index contributed by atoms with van der Waals surface area (Å²) in [4.78, 5) is 36.5. The van der Waals surface area contributed by atoms with Gasteiger partial charge in [-0.3, -0.25) is 9.59 Å². The number of hydrogen-bond donors (Lipinski definition) is 4. The quantitative estimate of drug-likeness (QED) is 0.347. The summed E-state index contributed by atoms with van der Waals surface area (Å²) in [6.45, 7) is 1.73. The van der Waals surface area contributed by atoms with Crippen molar-refractivity contribution in [3.63, 3.8) is 0 Å². The number of nitrogens with zero attached hydrogens (tertiary/aromatic N) is 4. The van der Waals surface area contributed by atoms with Gasteiger partial charge in [0, 0.05) is 29.9 Å². The fraction of sp³-hybridized carbons (Fsp3) is 0.250. The normalized spacial score (nSPS) is 15.8. The summed E-state index contributed by atoms with van der Waals surface area (Å²) in [5, 5.41) is 21.4. The maximum Gasteiger partial charge on any atom is 0.326 e. The van der Waals surface area contributed by atoms with Gasteiger partial charge in [0.15, 0.2) is 0 Å². The smallest absolute Gasteiger partial charge is 0.326 e. The van der Waals surface area contributed by atoms with Crippen molar-refractivity contribution in [2.75, 3.05) is 21.8 Å². The molecule has 1 amide bonds. The summed E-state index contributed by atoms with van der Waals surface area (Å²) in [5.41, 5.74) is 4.64. The van der Waals surface area contributed by atoms with Gasteiger partial charge >= 0.3 is 5.97 Å². The number of thiol groups is 1. The standard InChI is InChI=1S/C20H22N6O4S/c1-13(19(29)30)25(16-7-5-14(12-27)6-8-16)10-9-18(28)21-15-3-2-4-17(11-15)26-20(31)22-23-24-26/h2-8,11-13,20,31H,9-10H2,1H3,(H,21,28)(H,22,24)(H,29,30). The van der Waals surface area contributed by atoms with Crippen LogP contribution in [-0.2, 0) is 9.59 Å². The van der Waals surface area contributed by atoms with Crippen LogP contribution >= 0.6 is 12.6 Å². The van der Waals surface area contributed by atoms with Crippen molar-refractivity contribution in [1.29, 1.82) is 0 Å². The van der Waals surface area contributed by atoms with Crippen molar-refractivity contribution in [3.05, 3.63) is 54.1 Å². The van der Waals surface area contributed by atoms with Crippen LogP contribution in [0.1, 0.15) is 23.7 Å². The molecule has 0 saturated carbocycles. The van der Waals surface area contributed by atoms with Gasteiger partial charge in [0.25, 0.3) is 0 Å². The number of aliphatic carboxylic acids is 1. The van der Waals surface area contributed by atoms with Crippen LogP contribution in [0.4, 0.5) is 17.1 Å². The van der Waals surface area contributed by atoms with Crippen LogP contribution in [0, 0.1) is 0 Å². The highest BCUT2D eigenvalue weighted by molar-refractivity contribution is 7.81. The first kappa shape index (κ1) is 22.1. The van der Waals surface area contributed by atoms with Gasteiger partial charge in [-0.05, 0) is 49.4 Å². The van der Waals surface area contributed by atoms with Crippen LogP contribution in [-0.4, -0.2) is 41.4 Å². The number of hydrazine groups is 1. The van der Waals surface area contributed by atoms with Crippen molar-refractivity contribution in [1.82, 2.24) is 5.53 Å². The minimum atomic E-state index is -1.01. The molecule has 2 aromatic rings. The number of aldehydes is 1. The molecule has 1 aliphatic heterocycles. The topological polar surface area (TPSA) is 127 Å². The van der Waals surface area contributed by atoms with E-state index in [2.05, 4.69) is 33.8 Å². The number of hydrogen-bond acceptors (Lipinski definition) is 9. The molecule has 1 heterocycles. The zero-order chi connectivity index (χ0) is 22.4. The number of anilines is 3. The summed E-state index contributed by atoms with van der Waals surface area (Å²) < 4.78 is 0. The Bertz CT molecular complexity index is 984. The lowest BCUT2D eigenvalue weighted by molar-refractivity contribution is -0.138. The molecule has 0 aliphatic carbocycles. The van der Waals surface area contributed by atoms with Crippen molar-refractivity contribution in [2.24, 2.45) is 10.3 Å². The molecule has 10 nitrogen and oxygen atoms in total. The number of amides is 1. The Balaban J connectivity index is 1.65. The highest BCUT2D eigenvalue weighted by Gasteiger charge is 2.22. The SMILES string of the molecule is CC(C(=O)O)N(CCC(=O)Nc1cccc(N2NN=NC2S)c1)c1ccc(C=O)cc1. The third-order valence-corrected chi connectivity index (χ3v) is 5.05. The lowest BCUT2D eigenvalue weighted by Gasteiger charge is -2.28. The number of benzene rings is 2. The van der Waals surface area contributed by atoms with Crippen LogP contribution in [0.2, 0.25) is 0 Å². The Kier molecular flexibility index (Phi) is 7.08. The van der Waals surface area contributed by atoms with E-state index >= 15 is 0 Å². The van der Waals surface area contributed by atoms with E-state index in [-0.39, 0.29) is 18.9 Å². The van der Waals surface area contributed by atoms with E-state index < -0.39 is 17.5 Å². The van der Waals surface area contributed by atoms with E-state index in [4.69, 9.17) is 0 Å². The second kappa shape index (κ2) is 9.94. The molecule has 0 bridgehead atoms. The third-order valence-electron chi connectivity index (χ3n) is 4.72. The molecule has 0 fully saturated rings. The number of carboxylic acid groups (broad SMARTS) is 1. The van der Waals surface area contributed by atoms with E-state index in [0.29, 0.717) is 23.2 Å². The van der Waals surface area contributed by atoms with Crippen molar-refractivity contribution in [3.8, 4) is 0 Å². The second-order valence-corrected chi connectivity index (χ2v) is 7.26. The van der Waals surface area contributed by atoms with Gasteiger partial charge < -0.3 is 15.3 Å². The molecular formula is C20H22N6O4S. The summed E-state index contributed by atoms with van der Waals surface area (Å²) in [6, 6.07) is 12.8. The molecule has 3 rings (SSSR count). The molecular weight excluding hydrogens is 420 g/mol. The molecule has 2 unspecified atom stereocenters. The Morgan fingerprint density at radius 3 is 2.68 bits per heavy atom. The highest BCUT2D eigenvalue weighted by Crippen LogP contribution is 2.24. The van der Waals surface area contributed by atoms with Gasteiger partial charge in [-0.2, -0.15) is 5.53 Å². The fourth-order valence-electron chi connectivity index (χ4n) is 3.02. The predicted molar refractivity (Wildman–Crippen MR) is 119 cm³/mol. The summed E-state index contributed by atoms with van der Waals surface area (Å²) in [6.07, 6.45) is 0.783. The Morgan fingerprint density at radius 1 is 1.32 bits per heavy atom. The van der Waals surface area contributed by atoms with Gasteiger partial charge in [0.1, 0.15) is 12.3 Å². The first-order valence-corrected chi connectivity index (χ1v) is 9.98. The molecule has 0 aromatic heterocycles. The van der Waals surface area contributed by atoms with Crippen LogP contribution < -0.4 is 20.8 Å². The number of carbonyl (C=O) groups is 3. The minimum absolute atomic E-state index is 0.0686. The van der Waals surface area contributed by atoms with E-state index in [1.807, 2.05) is 6.07 Å². The van der Waals surface area contributed by atoms with Crippen LogP contribution in [0.3, 0.4) is 0 Å². The molecule has 0 saturated heterocycles. The van der Waals surface area contributed by atoms with Gasteiger partial charge in [-0.15, -0.1) is 17.7 Å². The maximum atomic E-state index is 12.5. The monoisotopic (exact) mass is 442 g/mol. The average molecular weight is 443 g/mol. The predicted octanol–water partition coefficient (Wildman–Crippen LogP) is 2.71. The molecule has 0 radical (unpaired) electrons. The summed E-state index contributed by atoms with van der Waals surface area (Å²) >= 11 is 4.28. The second-order valence-electron chi connectivity index (χ2n) is 6.80. The van der Waals surface area contributed by atoms with Crippen molar-refractivity contribution < 1.29 is 19.5 Å². The van der Waals surface area contributed by atoms with Crippen LogP contribution in [0.15, 0.2) is 58.9 Å². The third kappa shape index (κ3) is 5.51. The van der Waals surface area contributed by atoms with Gasteiger partial charge in [-0.25, -0.2) is 9.80 Å².